The summed E-state index contributed by atoms with van der Waals surface area (Å²) in [4.78, 5) is 0. The number of aromatic nitrogens is 2. The third-order valence-corrected chi connectivity index (χ3v) is 3.24. The molecular weight excluding hydrogens is 202 g/mol. The summed E-state index contributed by atoms with van der Waals surface area (Å²) in [6, 6.07) is 8.13. The molecule has 0 radical (unpaired) electrons. The molecule has 0 amide bonds. The van der Waals surface area contributed by atoms with Gasteiger partial charge in [0.2, 0.25) is 0 Å². The Labute approximate surface area is 93.9 Å². The van der Waals surface area contributed by atoms with Gasteiger partial charge in [0.15, 0.2) is 0 Å². The predicted molar refractivity (Wildman–Crippen MR) is 62.2 cm³/mol. The first kappa shape index (κ1) is 9.81. The molecule has 1 saturated heterocycles. The van der Waals surface area contributed by atoms with Gasteiger partial charge in [-0.2, -0.15) is 5.10 Å². The van der Waals surface area contributed by atoms with Crippen molar-refractivity contribution in [3.05, 3.63) is 30.0 Å². The lowest BCUT2D eigenvalue weighted by Crippen LogP contribution is -2.60. The average Bonchev–Trinajstić information content (AvgIpc) is 2.55. The van der Waals surface area contributed by atoms with Crippen LogP contribution < -0.4 is 5.32 Å². The summed E-state index contributed by atoms with van der Waals surface area (Å²) in [5.41, 5.74) is 1.51. The number of aliphatic hydroxyl groups is 1. The Bertz CT molecular complexity index is 528. The molecular formula is C12H15N3O. The molecule has 0 spiro atoms. The summed E-state index contributed by atoms with van der Waals surface area (Å²) in [5, 5.41) is 18.8. The zero-order chi connectivity index (χ0) is 11.2. The van der Waals surface area contributed by atoms with Gasteiger partial charge in [-0.3, -0.25) is 4.68 Å². The van der Waals surface area contributed by atoms with Crippen molar-refractivity contribution in [2.45, 2.75) is 12.0 Å². The van der Waals surface area contributed by atoms with Gasteiger partial charge in [0, 0.05) is 31.9 Å². The Hall–Kier alpha value is -1.39. The summed E-state index contributed by atoms with van der Waals surface area (Å²) < 4.78 is 1.88. The minimum atomic E-state index is -0.600. The van der Waals surface area contributed by atoms with E-state index >= 15 is 0 Å². The molecule has 2 N–H and O–H groups in total. The van der Waals surface area contributed by atoms with E-state index in [2.05, 4.69) is 22.5 Å². The SMILES string of the molecule is Cn1nc(CC2(O)CNC2)c2ccccc21. The number of rotatable bonds is 2. The Morgan fingerprint density at radius 3 is 2.88 bits per heavy atom. The normalized spacial score (nSPS) is 18.6. The third kappa shape index (κ3) is 1.42. The number of nitrogens with zero attached hydrogens (tertiary/aromatic N) is 2. The van der Waals surface area contributed by atoms with Crippen molar-refractivity contribution < 1.29 is 5.11 Å². The number of benzene rings is 1. The Balaban J connectivity index is 2.03. The third-order valence-electron chi connectivity index (χ3n) is 3.24. The second-order valence-corrected chi connectivity index (χ2v) is 4.59. The number of hydrogen-bond acceptors (Lipinski definition) is 3. The van der Waals surface area contributed by atoms with Crippen LogP contribution in [0.1, 0.15) is 5.69 Å². The minimum absolute atomic E-state index is 0.600. The number of nitrogens with one attached hydrogen (secondary N) is 1. The first-order valence-electron chi connectivity index (χ1n) is 5.52. The lowest BCUT2D eigenvalue weighted by Gasteiger charge is -2.37. The maximum atomic E-state index is 10.1. The van der Waals surface area contributed by atoms with Crippen LogP contribution in [-0.2, 0) is 13.5 Å². The van der Waals surface area contributed by atoms with Gasteiger partial charge in [-0.25, -0.2) is 0 Å². The lowest BCUT2D eigenvalue weighted by atomic mass is 9.90. The summed E-state index contributed by atoms with van der Waals surface area (Å²) in [7, 11) is 1.94. The molecule has 2 heterocycles. The van der Waals surface area contributed by atoms with Crippen LogP contribution in [0.3, 0.4) is 0 Å². The van der Waals surface area contributed by atoms with E-state index in [0.29, 0.717) is 19.5 Å². The molecule has 0 saturated carbocycles. The Morgan fingerprint density at radius 2 is 2.19 bits per heavy atom. The highest BCUT2D eigenvalue weighted by Crippen LogP contribution is 2.23. The Morgan fingerprint density at radius 1 is 1.44 bits per heavy atom. The smallest absolute Gasteiger partial charge is 0.0951 e. The summed E-state index contributed by atoms with van der Waals surface area (Å²) in [6.45, 7) is 1.33. The van der Waals surface area contributed by atoms with E-state index in [1.807, 2.05) is 23.9 Å². The van der Waals surface area contributed by atoms with Crippen molar-refractivity contribution in [1.82, 2.24) is 15.1 Å². The van der Waals surface area contributed by atoms with Crippen LogP contribution in [0.25, 0.3) is 10.9 Å². The highest BCUT2D eigenvalue weighted by atomic mass is 16.3. The van der Waals surface area contributed by atoms with Gasteiger partial charge in [0.1, 0.15) is 0 Å². The molecule has 1 aliphatic heterocycles. The van der Waals surface area contributed by atoms with Gasteiger partial charge in [-0.15, -0.1) is 0 Å². The van der Waals surface area contributed by atoms with Crippen molar-refractivity contribution in [3.8, 4) is 0 Å². The highest BCUT2D eigenvalue weighted by Gasteiger charge is 2.35. The van der Waals surface area contributed by atoms with E-state index in [1.165, 1.54) is 0 Å². The van der Waals surface area contributed by atoms with E-state index < -0.39 is 5.60 Å². The van der Waals surface area contributed by atoms with Crippen LogP contribution in [-0.4, -0.2) is 33.6 Å². The molecule has 2 aromatic rings. The monoisotopic (exact) mass is 217 g/mol. The van der Waals surface area contributed by atoms with E-state index in [0.717, 1.165) is 16.6 Å². The van der Waals surface area contributed by atoms with Crippen LogP contribution in [0.15, 0.2) is 24.3 Å². The van der Waals surface area contributed by atoms with Crippen LogP contribution in [0.2, 0.25) is 0 Å². The fourth-order valence-corrected chi connectivity index (χ4v) is 2.27. The number of aryl methyl sites for hydroxylation is 1. The topological polar surface area (TPSA) is 50.1 Å². The van der Waals surface area contributed by atoms with Crippen molar-refractivity contribution >= 4 is 10.9 Å². The predicted octanol–water partition coefficient (Wildman–Crippen LogP) is 0.450. The number of para-hydroxylation sites is 1. The fraction of sp³-hybridized carbons (Fsp3) is 0.417. The molecule has 0 bridgehead atoms. The standard InChI is InChI=1S/C12H15N3O/c1-15-11-5-3-2-4-9(11)10(14-15)6-12(16)7-13-8-12/h2-5,13,16H,6-8H2,1H3. The molecule has 1 aliphatic rings. The van der Waals surface area contributed by atoms with Crippen molar-refractivity contribution in [1.29, 1.82) is 0 Å². The lowest BCUT2D eigenvalue weighted by molar-refractivity contribution is -0.00964. The van der Waals surface area contributed by atoms with Gasteiger partial charge in [-0.05, 0) is 6.07 Å². The van der Waals surface area contributed by atoms with Crippen LogP contribution in [0.4, 0.5) is 0 Å². The van der Waals surface area contributed by atoms with Crippen molar-refractivity contribution in [2.75, 3.05) is 13.1 Å². The maximum Gasteiger partial charge on any atom is 0.0951 e. The molecule has 0 unspecified atom stereocenters. The van der Waals surface area contributed by atoms with Gasteiger partial charge in [0.25, 0.3) is 0 Å². The minimum Gasteiger partial charge on any atom is -0.387 e. The second kappa shape index (κ2) is 3.30. The summed E-state index contributed by atoms with van der Waals surface area (Å²) in [6.07, 6.45) is 0.626. The summed E-state index contributed by atoms with van der Waals surface area (Å²) in [5.74, 6) is 0. The molecule has 3 rings (SSSR count). The molecule has 4 heteroatoms. The maximum absolute atomic E-state index is 10.1. The molecule has 1 fully saturated rings. The molecule has 0 atom stereocenters. The van der Waals surface area contributed by atoms with Gasteiger partial charge in [0.05, 0.1) is 16.8 Å². The zero-order valence-corrected chi connectivity index (χ0v) is 9.27. The molecule has 84 valence electrons. The zero-order valence-electron chi connectivity index (χ0n) is 9.27. The van der Waals surface area contributed by atoms with Gasteiger partial charge in [-0.1, -0.05) is 18.2 Å². The largest absolute Gasteiger partial charge is 0.387 e. The van der Waals surface area contributed by atoms with Crippen LogP contribution in [0, 0.1) is 0 Å². The van der Waals surface area contributed by atoms with E-state index in [-0.39, 0.29) is 0 Å². The molecule has 16 heavy (non-hydrogen) atoms. The number of fused-ring (bicyclic) bond motifs is 1. The van der Waals surface area contributed by atoms with Gasteiger partial charge >= 0.3 is 0 Å². The quantitative estimate of drug-likeness (QED) is 0.768. The highest BCUT2D eigenvalue weighted by molar-refractivity contribution is 5.81. The molecule has 1 aromatic heterocycles. The second-order valence-electron chi connectivity index (χ2n) is 4.59. The fourth-order valence-electron chi connectivity index (χ4n) is 2.27. The van der Waals surface area contributed by atoms with Crippen molar-refractivity contribution in [3.63, 3.8) is 0 Å². The first-order chi connectivity index (χ1) is 7.68. The van der Waals surface area contributed by atoms with Crippen LogP contribution in [0.5, 0.6) is 0 Å². The number of β-amino-alcohol motifs (C(OH)–C–C–N with tert-alkyl or cyclic N) is 1. The number of hydrogen-bond donors (Lipinski definition) is 2. The average molecular weight is 217 g/mol. The van der Waals surface area contributed by atoms with E-state index in [4.69, 9.17) is 0 Å². The summed E-state index contributed by atoms with van der Waals surface area (Å²) >= 11 is 0. The van der Waals surface area contributed by atoms with E-state index in [9.17, 15) is 5.11 Å². The Kier molecular flexibility index (Phi) is 2.02. The first-order valence-corrected chi connectivity index (χ1v) is 5.52. The van der Waals surface area contributed by atoms with Gasteiger partial charge < -0.3 is 10.4 Å². The van der Waals surface area contributed by atoms with E-state index in [1.54, 1.807) is 0 Å². The van der Waals surface area contributed by atoms with Crippen molar-refractivity contribution in [2.24, 2.45) is 7.05 Å². The molecule has 4 nitrogen and oxygen atoms in total. The molecule has 1 aromatic carbocycles. The van der Waals surface area contributed by atoms with Crippen LogP contribution >= 0.6 is 0 Å². The molecule has 0 aliphatic carbocycles.